The van der Waals surface area contributed by atoms with Gasteiger partial charge in [-0.2, -0.15) is 9.97 Å². The van der Waals surface area contributed by atoms with Gasteiger partial charge in [0.15, 0.2) is 0 Å². The summed E-state index contributed by atoms with van der Waals surface area (Å²) in [6.45, 7) is 3.22. The Hall–Kier alpha value is -2.09. The topological polar surface area (TPSA) is 114 Å². The van der Waals surface area contributed by atoms with Crippen LogP contribution in [0.3, 0.4) is 0 Å². The van der Waals surface area contributed by atoms with Crippen molar-refractivity contribution in [3.05, 3.63) is 6.07 Å². The average Bonchev–Trinajstić information content (AvgIpc) is 3.16. The van der Waals surface area contributed by atoms with Crippen LogP contribution < -0.4 is 20.7 Å². The summed E-state index contributed by atoms with van der Waals surface area (Å²) in [4.78, 5) is 22.5. The van der Waals surface area contributed by atoms with E-state index >= 15 is 0 Å². The Kier molecular flexibility index (Phi) is 4.79. The molecule has 0 aromatic carbocycles. The number of piperidine rings is 1. The zero-order valence-corrected chi connectivity index (χ0v) is 18.8. The predicted molar refractivity (Wildman–Crippen MR) is 120 cm³/mol. The number of nitrogens with zero attached hydrogens (tertiary/aromatic N) is 3. The van der Waals surface area contributed by atoms with Crippen molar-refractivity contribution >= 4 is 17.7 Å². The third kappa shape index (κ3) is 3.70. The molecule has 0 amide bonds. The maximum atomic E-state index is 11.3. The van der Waals surface area contributed by atoms with Gasteiger partial charge < -0.3 is 25.8 Å². The highest BCUT2D eigenvalue weighted by Crippen LogP contribution is 2.60. The van der Waals surface area contributed by atoms with Crippen molar-refractivity contribution in [3.8, 4) is 5.88 Å². The second-order valence-electron chi connectivity index (χ2n) is 11.6. The van der Waals surface area contributed by atoms with Crippen LogP contribution >= 0.6 is 0 Å². The Balaban J connectivity index is 1.11. The normalized spacial score (nSPS) is 37.2. The van der Waals surface area contributed by atoms with Gasteiger partial charge >= 0.3 is 5.97 Å². The molecule has 1 aromatic heterocycles. The van der Waals surface area contributed by atoms with E-state index in [1.54, 1.807) is 0 Å². The molecule has 4 aliphatic carbocycles. The molecule has 3 heterocycles. The summed E-state index contributed by atoms with van der Waals surface area (Å²) in [6, 6.07) is 1.53. The zero-order valence-electron chi connectivity index (χ0n) is 18.8. The van der Waals surface area contributed by atoms with Crippen molar-refractivity contribution in [2.75, 3.05) is 36.9 Å². The first kappa shape index (κ1) is 20.5. The number of nitrogens with one attached hydrogen (secondary N) is 1. The predicted octanol–water partition coefficient (Wildman–Crippen LogP) is 2.69. The molecule has 2 aliphatic heterocycles. The Labute approximate surface area is 189 Å². The van der Waals surface area contributed by atoms with Gasteiger partial charge in [0.1, 0.15) is 11.9 Å². The minimum Gasteiger partial charge on any atom is -0.480 e. The molecule has 0 radical (unpaired) electrons. The Morgan fingerprint density at radius 3 is 2.38 bits per heavy atom. The Morgan fingerprint density at radius 1 is 1.12 bits per heavy atom. The largest absolute Gasteiger partial charge is 0.480 e. The van der Waals surface area contributed by atoms with Gasteiger partial charge in [-0.15, -0.1) is 0 Å². The Bertz CT molecular complexity index is 862. The second kappa shape index (κ2) is 7.47. The highest BCUT2D eigenvalue weighted by molar-refractivity contribution is 5.74. The van der Waals surface area contributed by atoms with E-state index in [9.17, 15) is 9.90 Å². The molecule has 174 valence electrons. The van der Waals surface area contributed by atoms with E-state index in [2.05, 4.69) is 20.2 Å². The quantitative estimate of drug-likeness (QED) is 0.639. The van der Waals surface area contributed by atoms with Crippen LogP contribution in [-0.2, 0) is 4.79 Å². The van der Waals surface area contributed by atoms with Crippen LogP contribution in [0.5, 0.6) is 5.88 Å². The molecule has 4 N–H and O–H groups in total. The third-order valence-electron chi connectivity index (χ3n) is 9.20. The van der Waals surface area contributed by atoms with Crippen LogP contribution in [0, 0.1) is 28.6 Å². The van der Waals surface area contributed by atoms with E-state index in [0.29, 0.717) is 17.7 Å². The second-order valence-corrected chi connectivity index (χ2v) is 11.6. The lowest BCUT2D eigenvalue weighted by atomic mass is 9.50. The first-order chi connectivity index (χ1) is 15.4. The molecule has 4 saturated carbocycles. The monoisotopic (exact) mass is 441 g/mol. The Morgan fingerprint density at radius 2 is 1.78 bits per heavy atom. The molecule has 4 bridgehead atoms. The van der Waals surface area contributed by atoms with Gasteiger partial charge in [0, 0.05) is 31.1 Å². The highest BCUT2D eigenvalue weighted by atomic mass is 16.5. The van der Waals surface area contributed by atoms with E-state index in [1.165, 1.54) is 38.5 Å². The minimum atomic E-state index is -0.742. The van der Waals surface area contributed by atoms with Crippen molar-refractivity contribution in [1.82, 2.24) is 15.3 Å². The summed E-state index contributed by atoms with van der Waals surface area (Å²) < 4.78 is 6.30. The van der Waals surface area contributed by atoms with Gasteiger partial charge in [-0.3, -0.25) is 4.79 Å². The fourth-order valence-electron chi connectivity index (χ4n) is 8.04. The van der Waals surface area contributed by atoms with Crippen LogP contribution in [-0.4, -0.2) is 53.3 Å². The smallest absolute Gasteiger partial charge is 0.320 e. The summed E-state index contributed by atoms with van der Waals surface area (Å²) in [6.07, 6.45) is 10.9. The summed E-state index contributed by atoms with van der Waals surface area (Å²) in [5.74, 6) is 3.66. The molecule has 1 aromatic rings. The zero-order chi connectivity index (χ0) is 21.9. The lowest BCUT2D eigenvalue weighted by Gasteiger charge is -2.56. The fraction of sp³-hybridized carbons (Fsp3) is 0.792. The van der Waals surface area contributed by atoms with Gasteiger partial charge in [-0.05, 0) is 81.0 Å². The first-order valence-corrected chi connectivity index (χ1v) is 12.4. The van der Waals surface area contributed by atoms with E-state index < -0.39 is 12.0 Å². The van der Waals surface area contributed by atoms with E-state index in [4.69, 9.17) is 10.5 Å². The number of ether oxygens (including phenoxy) is 1. The van der Waals surface area contributed by atoms with Gasteiger partial charge in [0.25, 0.3) is 0 Å². The van der Waals surface area contributed by atoms with E-state index in [1.807, 2.05) is 6.07 Å². The van der Waals surface area contributed by atoms with E-state index in [0.717, 1.165) is 62.7 Å². The molecule has 8 heteroatoms. The van der Waals surface area contributed by atoms with Gasteiger partial charge in [0.2, 0.25) is 11.8 Å². The molecular formula is C24H35N5O3. The lowest BCUT2D eigenvalue weighted by Crippen LogP contribution is -2.48. The van der Waals surface area contributed by atoms with Crippen LogP contribution in [0.15, 0.2) is 6.07 Å². The van der Waals surface area contributed by atoms with Gasteiger partial charge in [0.05, 0.1) is 6.61 Å². The highest BCUT2D eigenvalue weighted by Gasteiger charge is 2.51. The molecule has 6 aliphatic rings. The summed E-state index contributed by atoms with van der Waals surface area (Å²) >= 11 is 0. The number of hydrogen-bond donors (Lipinski definition) is 3. The fourth-order valence-corrected chi connectivity index (χ4v) is 8.04. The number of carboxylic acid groups (broad SMARTS) is 1. The number of aromatic nitrogens is 2. The van der Waals surface area contributed by atoms with Crippen LogP contribution in [0.2, 0.25) is 0 Å². The molecule has 6 fully saturated rings. The molecular weight excluding hydrogens is 406 g/mol. The van der Waals surface area contributed by atoms with Crippen molar-refractivity contribution in [3.63, 3.8) is 0 Å². The number of aliphatic carboxylic acids is 1. The number of nitrogens with two attached hydrogens (primary N) is 1. The number of carboxylic acids is 1. The summed E-state index contributed by atoms with van der Waals surface area (Å²) in [7, 11) is 0. The number of carbonyl (C=O) groups is 1. The van der Waals surface area contributed by atoms with Crippen molar-refractivity contribution in [2.45, 2.75) is 63.8 Å². The lowest BCUT2D eigenvalue weighted by molar-refractivity contribution is -0.139. The molecule has 2 saturated heterocycles. The molecule has 8 nitrogen and oxygen atoms in total. The molecule has 32 heavy (non-hydrogen) atoms. The number of anilines is 2. The molecule has 7 rings (SSSR count). The SMILES string of the molecule is Nc1nc(OCC23CC4CC(CC(C4)C2)C3)cc(N2CCC3(CC2)CNC(C(=O)O)C3)n1. The summed E-state index contributed by atoms with van der Waals surface area (Å²) in [5, 5.41) is 12.5. The maximum absolute atomic E-state index is 11.3. The van der Waals surface area contributed by atoms with Crippen LogP contribution in [0.4, 0.5) is 11.8 Å². The minimum absolute atomic E-state index is 0.0793. The van der Waals surface area contributed by atoms with Gasteiger partial charge in [-0.25, -0.2) is 0 Å². The third-order valence-corrected chi connectivity index (χ3v) is 9.20. The summed E-state index contributed by atoms with van der Waals surface area (Å²) in [5.41, 5.74) is 6.48. The number of hydrogen-bond acceptors (Lipinski definition) is 7. The molecule has 1 unspecified atom stereocenters. The van der Waals surface area contributed by atoms with Crippen molar-refractivity contribution in [1.29, 1.82) is 0 Å². The molecule has 1 spiro atoms. The standard InChI is InChI=1S/C24H35N5O3/c25-22-27-19(29-3-1-23(2-4-29)12-18(21(30)31)26-13-23)8-20(28-22)32-14-24-9-15-5-16(10-24)7-17(6-15)11-24/h8,15-18,26H,1-7,9-14H2,(H,30,31)(H2,25,27,28). The average molecular weight is 442 g/mol. The van der Waals surface area contributed by atoms with Gasteiger partial charge in [-0.1, -0.05) is 0 Å². The van der Waals surface area contributed by atoms with Crippen LogP contribution in [0.25, 0.3) is 0 Å². The van der Waals surface area contributed by atoms with Crippen molar-refractivity contribution in [2.24, 2.45) is 28.6 Å². The van der Waals surface area contributed by atoms with Crippen molar-refractivity contribution < 1.29 is 14.6 Å². The molecule has 1 atom stereocenters. The number of nitrogen functional groups attached to an aromatic ring is 1. The maximum Gasteiger partial charge on any atom is 0.320 e. The number of rotatable bonds is 5. The van der Waals surface area contributed by atoms with Crippen LogP contribution in [0.1, 0.15) is 57.8 Å². The first-order valence-electron chi connectivity index (χ1n) is 12.4. The van der Waals surface area contributed by atoms with E-state index in [-0.39, 0.29) is 11.4 Å².